The third-order valence-corrected chi connectivity index (χ3v) is 15.2. The van der Waals surface area contributed by atoms with E-state index in [9.17, 15) is 90.0 Å². The molecular formula is C58H106N10O26-6. The van der Waals surface area contributed by atoms with Crippen molar-refractivity contribution in [1.29, 1.82) is 0 Å². The number of nitrogens with zero attached hydrogens (tertiary/aromatic N) is 10. The van der Waals surface area contributed by atoms with Crippen molar-refractivity contribution >= 4 is 35.8 Å². The number of carbonyl (C=O) groups is 6. The maximum Gasteiger partial charge on any atom is 0.0793 e. The number of aliphatic hydroxyl groups is 6. The van der Waals surface area contributed by atoms with Crippen LogP contribution < -0.4 is 30.6 Å². The minimum atomic E-state index is -1.37. The van der Waals surface area contributed by atoms with Crippen molar-refractivity contribution in [2.45, 2.75) is 24.3 Å². The van der Waals surface area contributed by atoms with Crippen molar-refractivity contribution in [3.63, 3.8) is 0 Å². The second-order valence-electron chi connectivity index (χ2n) is 22.7. The van der Waals surface area contributed by atoms with Crippen molar-refractivity contribution in [1.82, 2.24) is 49.0 Å². The van der Waals surface area contributed by atoms with Crippen LogP contribution in [0.3, 0.4) is 0 Å². The zero-order valence-electron chi connectivity index (χ0n) is 54.6. The Kier molecular flexibility index (Phi) is 50.1. The summed E-state index contributed by atoms with van der Waals surface area (Å²) >= 11 is 0. The monoisotopic (exact) mass is 1360 g/mol. The molecule has 2 unspecified atom stereocenters. The number of carboxylic acid groups (broad SMARTS) is 6. The lowest BCUT2D eigenvalue weighted by molar-refractivity contribution is -0.308. The van der Waals surface area contributed by atoms with E-state index < -0.39 is 99.4 Å². The van der Waals surface area contributed by atoms with Crippen molar-refractivity contribution in [2.24, 2.45) is 0 Å². The molecule has 0 spiro atoms. The third kappa shape index (κ3) is 45.4. The van der Waals surface area contributed by atoms with Crippen LogP contribution in [0.5, 0.6) is 0 Å². The maximum absolute atomic E-state index is 12.4. The summed E-state index contributed by atoms with van der Waals surface area (Å²) in [5.74, 6) is -8.23. The van der Waals surface area contributed by atoms with Gasteiger partial charge in [-0.3, -0.25) is 49.0 Å². The Labute approximate surface area is 551 Å². The predicted octanol–water partition coefficient (Wildman–Crippen LogP) is -15.9. The number of carboxylic acids is 6. The highest BCUT2D eigenvalue weighted by Crippen LogP contribution is 2.13. The summed E-state index contributed by atoms with van der Waals surface area (Å²) in [6, 6.07) is -1.29. The number of hydrogen-bond acceptors (Lipinski definition) is 36. The van der Waals surface area contributed by atoms with E-state index in [1.54, 1.807) is 19.6 Å². The summed E-state index contributed by atoms with van der Waals surface area (Å²) < 4.78 is 46.5. The van der Waals surface area contributed by atoms with Crippen LogP contribution in [0.15, 0.2) is 0 Å². The minimum Gasteiger partial charge on any atom is -0.549 e. The van der Waals surface area contributed by atoms with E-state index in [-0.39, 0.29) is 276 Å². The molecule has 2 rings (SSSR count). The number of ether oxygens (including phenoxy) is 8. The van der Waals surface area contributed by atoms with Gasteiger partial charge in [0, 0.05) is 183 Å². The van der Waals surface area contributed by atoms with E-state index in [1.165, 1.54) is 9.80 Å². The van der Waals surface area contributed by atoms with Crippen LogP contribution >= 0.6 is 0 Å². The van der Waals surface area contributed by atoms with E-state index in [4.69, 9.17) is 37.9 Å². The van der Waals surface area contributed by atoms with Crippen molar-refractivity contribution in [3.05, 3.63) is 0 Å². The molecule has 2 heterocycles. The molecule has 2 atom stereocenters. The molecule has 36 heteroatoms. The molecule has 0 amide bonds. The number of hydrogen-bond donors (Lipinski definition) is 6. The number of aliphatic carboxylic acids is 6. The first-order valence-electron chi connectivity index (χ1n) is 32.1. The Morgan fingerprint density at radius 3 is 0.660 bits per heavy atom. The van der Waals surface area contributed by atoms with Gasteiger partial charge in [-0.05, 0) is 0 Å². The molecule has 0 bridgehead atoms. The van der Waals surface area contributed by atoms with Crippen LogP contribution in [-0.2, 0) is 66.7 Å². The molecule has 0 saturated carbocycles. The fourth-order valence-electron chi connectivity index (χ4n) is 10.5. The standard InChI is InChI=1S/C58H112N10O26/c69-19-23-87-27-31-91-45-49(46-92-32-28-88-24-20-70)67(37-51(73)35-59-1-5-61(39-53(75)76)9-13-65(43-57(83)84)14-10-62(6-2-59)40-54(77)78)17-18-68(50(47-93-33-29-89-25-21-71)48-94-34-30-90-26-22-72)38-52(74)36-60-3-7-63(41-55(79)80)11-15-66(44-58(85)86)16-12-64(8-4-60)42-56(81)82/h49-52,69-74H,1-48H2,(H,75,76)(H,77,78)(H,79,80)(H,81,82)(H,83,84)(H,85,86)/p-6. The second kappa shape index (κ2) is 54.8. The molecule has 2 aliphatic heterocycles. The SMILES string of the molecule is O=C([O-])CN1CCN(CC(=O)[O-])CCN(CC(O)CN(CCN(CC(O)CN2CCN(CC(=O)[O-])CCN(CC(=O)[O-])CCN(CC(=O)[O-])CC2)C(COCCOCCO)COCCOCCO)C(COCCOCCO)COCCOCCO)CCN(CC(=O)[O-])CC1. The Hall–Kier alpha value is -4.14. The largest absolute Gasteiger partial charge is 0.549 e. The molecule has 0 aromatic carbocycles. The van der Waals surface area contributed by atoms with Gasteiger partial charge in [-0.15, -0.1) is 0 Å². The summed E-state index contributed by atoms with van der Waals surface area (Å²) in [6.07, 6.45) is -2.39. The first-order valence-corrected chi connectivity index (χ1v) is 32.1. The lowest BCUT2D eigenvalue weighted by atomic mass is 10.1. The average Bonchev–Trinajstić information content (AvgIpc) is 1.40. The zero-order valence-corrected chi connectivity index (χ0v) is 54.6. The maximum atomic E-state index is 12.4. The molecule has 6 N–H and O–H groups in total. The van der Waals surface area contributed by atoms with Crippen LogP contribution in [0.25, 0.3) is 0 Å². The van der Waals surface area contributed by atoms with Gasteiger partial charge in [-0.25, -0.2) is 0 Å². The molecule has 94 heavy (non-hydrogen) atoms. The minimum absolute atomic E-state index is 0.00459. The Bertz CT molecular complexity index is 1760. The molecule has 0 aromatic rings. The Balaban J connectivity index is 2.77. The molecular weight excluding hydrogens is 1250 g/mol. The number of aliphatic hydroxyl groups excluding tert-OH is 6. The van der Waals surface area contributed by atoms with Gasteiger partial charge < -0.3 is 128 Å². The summed E-state index contributed by atoms with van der Waals surface area (Å²) in [4.78, 5) is 88.2. The van der Waals surface area contributed by atoms with E-state index in [2.05, 4.69) is 0 Å². The van der Waals surface area contributed by atoms with Gasteiger partial charge in [0.1, 0.15) is 0 Å². The molecule has 2 fully saturated rings. The Morgan fingerprint density at radius 1 is 0.298 bits per heavy atom. The molecule has 0 radical (unpaired) electrons. The van der Waals surface area contributed by atoms with Gasteiger partial charge >= 0.3 is 0 Å². The van der Waals surface area contributed by atoms with Crippen molar-refractivity contribution in [3.8, 4) is 0 Å². The third-order valence-electron chi connectivity index (χ3n) is 15.2. The van der Waals surface area contributed by atoms with Crippen LogP contribution in [0, 0.1) is 0 Å². The number of rotatable bonds is 53. The van der Waals surface area contributed by atoms with Crippen LogP contribution in [0.2, 0.25) is 0 Å². The van der Waals surface area contributed by atoms with E-state index in [0.29, 0.717) is 0 Å². The van der Waals surface area contributed by atoms with E-state index in [1.807, 2.05) is 19.6 Å². The molecule has 550 valence electrons. The summed E-state index contributed by atoms with van der Waals surface area (Å²) in [6.45, 7) is -0.903. The van der Waals surface area contributed by atoms with Gasteiger partial charge in [0.15, 0.2) is 0 Å². The molecule has 0 aromatic heterocycles. The fraction of sp³-hybridized carbons (Fsp3) is 0.897. The van der Waals surface area contributed by atoms with Gasteiger partial charge in [0.2, 0.25) is 0 Å². The van der Waals surface area contributed by atoms with Crippen molar-refractivity contribution < 1.29 is 128 Å². The fourth-order valence-corrected chi connectivity index (χ4v) is 10.5. The lowest BCUT2D eigenvalue weighted by Crippen LogP contribution is -2.55. The summed E-state index contributed by atoms with van der Waals surface area (Å²) in [5, 5.41) is 133. The summed E-state index contributed by atoms with van der Waals surface area (Å²) in [7, 11) is 0. The highest BCUT2D eigenvalue weighted by Gasteiger charge is 2.30. The number of β-amino-alcohol motifs (C(OH)–C–C–N with tert-alkyl or cyclic N) is 2. The smallest absolute Gasteiger partial charge is 0.0793 e. The normalized spacial score (nSPS) is 17.7. The quantitative estimate of drug-likeness (QED) is 0.0308. The molecule has 0 aliphatic carbocycles. The highest BCUT2D eigenvalue weighted by atomic mass is 16.6. The average molecular weight is 1360 g/mol. The number of carbonyl (C=O) groups excluding carboxylic acids is 6. The van der Waals surface area contributed by atoms with Crippen molar-refractivity contribution in [2.75, 3.05) is 315 Å². The van der Waals surface area contributed by atoms with Crippen LogP contribution in [0.1, 0.15) is 0 Å². The van der Waals surface area contributed by atoms with Crippen LogP contribution in [0.4, 0.5) is 0 Å². The van der Waals surface area contributed by atoms with Gasteiger partial charge in [-0.1, -0.05) is 0 Å². The van der Waals surface area contributed by atoms with Gasteiger partial charge in [0.05, 0.1) is 192 Å². The van der Waals surface area contributed by atoms with Gasteiger partial charge in [-0.2, -0.15) is 0 Å². The first kappa shape index (κ1) is 85.9. The molecule has 2 saturated heterocycles. The van der Waals surface area contributed by atoms with Gasteiger partial charge in [0.25, 0.3) is 0 Å². The molecule has 36 nitrogen and oxygen atoms in total. The van der Waals surface area contributed by atoms with E-state index in [0.717, 1.165) is 0 Å². The summed E-state index contributed by atoms with van der Waals surface area (Å²) in [5.41, 5.74) is 0. The Morgan fingerprint density at radius 2 is 0.479 bits per heavy atom. The highest BCUT2D eigenvalue weighted by molar-refractivity contribution is 5.68. The topological polar surface area (TPSA) is 468 Å². The van der Waals surface area contributed by atoms with E-state index >= 15 is 0 Å². The zero-order chi connectivity index (χ0) is 69.1. The molecule has 2 aliphatic rings. The first-order chi connectivity index (χ1) is 45.2. The predicted molar refractivity (Wildman–Crippen MR) is 319 cm³/mol. The lowest BCUT2D eigenvalue weighted by Gasteiger charge is -2.39. The van der Waals surface area contributed by atoms with Crippen LogP contribution in [-0.4, -0.2) is 455 Å². The second-order valence-corrected chi connectivity index (χ2v) is 22.7.